The van der Waals surface area contributed by atoms with Gasteiger partial charge in [0.2, 0.25) is 11.6 Å². The molecule has 0 saturated heterocycles. The van der Waals surface area contributed by atoms with E-state index in [9.17, 15) is 9.59 Å². The second-order valence-corrected chi connectivity index (χ2v) is 4.63. The molecule has 1 unspecified atom stereocenters. The molecule has 0 amide bonds. The van der Waals surface area contributed by atoms with Gasteiger partial charge in [0.1, 0.15) is 0 Å². The first-order valence-corrected chi connectivity index (χ1v) is 4.89. The fourth-order valence-electron chi connectivity index (χ4n) is 1.16. The molecule has 80 valence electrons. The molecule has 0 aliphatic carbocycles. The van der Waals surface area contributed by atoms with E-state index in [0.29, 0.717) is 0 Å². The summed E-state index contributed by atoms with van der Waals surface area (Å²) in [4.78, 5) is 23.1. The maximum atomic E-state index is 11.5. The quantitative estimate of drug-likeness (QED) is 0.745. The van der Waals surface area contributed by atoms with Crippen LogP contribution in [0.1, 0.15) is 47.5 Å². The fourth-order valence-corrected chi connectivity index (χ4v) is 1.16. The number of ketones is 2. The molecule has 0 aliphatic heterocycles. The van der Waals surface area contributed by atoms with Gasteiger partial charge in [-0.2, -0.15) is 0 Å². The van der Waals surface area contributed by atoms with Crippen molar-refractivity contribution in [3.05, 3.63) is 0 Å². The molecule has 14 heavy (non-hydrogen) atoms. The Bertz CT molecular complexity index is 204. The van der Waals surface area contributed by atoms with Crippen LogP contribution >= 0.6 is 0 Å². The maximum absolute atomic E-state index is 11.5. The smallest absolute Gasteiger partial charge is 0.203 e. The third-order valence-corrected chi connectivity index (χ3v) is 2.07. The number of hydrogen-bond acceptors (Lipinski definition) is 2. The molecule has 0 aromatic heterocycles. The molecule has 0 N–H and O–H groups in total. The largest absolute Gasteiger partial charge is 0.291 e. The minimum absolute atomic E-state index is 0. The molecule has 2 nitrogen and oxygen atoms in total. The van der Waals surface area contributed by atoms with Crippen molar-refractivity contribution in [2.24, 2.45) is 11.3 Å². The third kappa shape index (κ3) is 5.56. The molecule has 0 spiro atoms. The predicted molar refractivity (Wildman–Crippen MR) is 53.5 cm³/mol. The van der Waals surface area contributed by atoms with Gasteiger partial charge in [-0.25, -0.2) is 0 Å². The molecular formula is C11H20CeO2. The molecule has 0 aromatic rings. The normalized spacial score (nSPS) is 12.9. The number of hydrogen-bond donors (Lipinski definition) is 0. The number of carbonyl (C=O) groups excluding carboxylic acids is 2. The van der Waals surface area contributed by atoms with Gasteiger partial charge in [-0.15, -0.1) is 0 Å². The first-order valence-electron chi connectivity index (χ1n) is 4.89. The van der Waals surface area contributed by atoms with E-state index in [4.69, 9.17) is 0 Å². The molecule has 0 heterocycles. The summed E-state index contributed by atoms with van der Waals surface area (Å²) in [6.07, 6.45) is 1.75. The average molecular weight is 324 g/mol. The van der Waals surface area contributed by atoms with E-state index in [-0.39, 0.29) is 59.2 Å². The summed E-state index contributed by atoms with van der Waals surface area (Å²) in [6, 6.07) is 0. The van der Waals surface area contributed by atoms with Crippen LogP contribution in [-0.4, -0.2) is 11.6 Å². The maximum Gasteiger partial charge on any atom is 0.203 e. The van der Waals surface area contributed by atoms with E-state index in [2.05, 4.69) is 0 Å². The van der Waals surface area contributed by atoms with Gasteiger partial charge < -0.3 is 0 Å². The van der Waals surface area contributed by atoms with Crippen LogP contribution in [-0.2, 0) is 9.59 Å². The molecule has 0 radical (unpaired) electrons. The SMILES string of the molecule is CCCC(C)C(=O)C(=O)C(C)(C)C.[Ce]. The van der Waals surface area contributed by atoms with Gasteiger partial charge in [-0.1, -0.05) is 41.0 Å². The summed E-state index contributed by atoms with van der Waals surface area (Å²) in [5, 5.41) is 0. The Kier molecular flexibility index (Phi) is 8.64. The number of carbonyl (C=O) groups is 2. The minimum atomic E-state index is -0.529. The monoisotopic (exact) mass is 324 g/mol. The zero-order valence-electron chi connectivity index (χ0n) is 9.81. The van der Waals surface area contributed by atoms with E-state index < -0.39 is 5.41 Å². The van der Waals surface area contributed by atoms with Crippen LogP contribution in [0.2, 0.25) is 0 Å². The van der Waals surface area contributed by atoms with Crippen molar-refractivity contribution in [1.82, 2.24) is 0 Å². The Morgan fingerprint density at radius 1 is 1.21 bits per heavy atom. The Balaban J connectivity index is 0. The van der Waals surface area contributed by atoms with Crippen LogP contribution in [0.3, 0.4) is 0 Å². The van der Waals surface area contributed by atoms with Crippen LogP contribution in [0.25, 0.3) is 0 Å². The summed E-state index contributed by atoms with van der Waals surface area (Å²) >= 11 is 0. The topological polar surface area (TPSA) is 34.1 Å². The summed E-state index contributed by atoms with van der Waals surface area (Å²) in [7, 11) is 0. The Morgan fingerprint density at radius 3 is 1.93 bits per heavy atom. The molecule has 0 rings (SSSR count). The van der Waals surface area contributed by atoms with Gasteiger partial charge in [0.15, 0.2) is 0 Å². The fraction of sp³-hybridized carbons (Fsp3) is 0.818. The number of rotatable bonds is 4. The Labute approximate surface area is 121 Å². The van der Waals surface area contributed by atoms with Gasteiger partial charge in [-0.3, -0.25) is 9.59 Å². The summed E-state index contributed by atoms with van der Waals surface area (Å²) in [5.74, 6) is -0.570. The third-order valence-electron chi connectivity index (χ3n) is 2.07. The standard InChI is InChI=1S/C11H20O2.Ce/c1-6-7-8(2)9(12)10(13)11(3,4)5;/h8H,6-7H2,1-5H3;. The molecular weight excluding hydrogens is 304 g/mol. The van der Waals surface area contributed by atoms with Crippen molar-refractivity contribution in [2.75, 3.05) is 0 Å². The van der Waals surface area contributed by atoms with Crippen molar-refractivity contribution in [2.45, 2.75) is 47.5 Å². The molecule has 0 aliphatic rings. The first-order chi connectivity index (χ1) is 5.80. The van der Waals surface area contributed by atoms with E-state index in [1.54, 1.807) is 20.8 Å². The van der Waals surface area contributed by atoms with E-state index in [0.717, 1.165) is 12.8 Å². The van der Waals surface area contributed by atoms with Gasteiger partial charge >= 0.3 is 0 Å². The van der Waals surface area contributed by atoms with Gasteiger partial charge in [-0.05, 0) is 6.42 Å². The average Bonchev–Trinajstić information content (AvgIpc) is 2.00. The van der Waals surface area contributed by atoms with Gasteiger partial charge in [0.05, 0.1) is 0 Å². The van der Waals surface area contributed by atoms with E-state index in [1.807, 2.05) is 13.8 Å². The zero-order chi connectivity index (χ0) is 10.6. The van der Waals surface area contributed by atoms with Crippen molar-refractivity contribution in [1.29, 1.82) is 0 Å². The molecule has 3 heteroatoms. The summed E-state index contributed by atoms with van der Waals surface area (Å²) < 4.78 is 0. The van der Waals surface area contributed by atoms with Crippen LogP contribution < -0.4 is 0 Å². The zero-order valence-corrected chi connectivity index (χ0v) is 12.9. The van der Waals surface area contributed by atoms with Gasteiger partial charge in [0.25, 0.3) is 0 Å². The molecule has 0 saturated carbocycles. The van der Waals surface area contributed by atoms with Crippen LogP contribution in [0.5, 0.6) is 0 Å². The molecule has 0 fully saturated rings. The van der Waals surface area contributed by atoms with Crippen LogP contribution in [0.15, 0.2) is 0 Å². The van der Waals surface area contributed by atoms with Crippen LogP contribution in [0, 0.1) is 53.1 Å². The van der Waals surface area contributed by atoms with Crippen molar-refractivity contribution in [3.8, 4) is 0 Å². The first kappa shape index (κ1) is 17.1. The second-order valence-electron chi connectivity index (χ2n) is 4.63. The second kappa shape index (κ2) is 7.07. The van der Waals surface area contributed by atoms with E-state index >= 15 is 0 Å². The summed E-state index contributed by atoms with van der Waals surface area (Å²) in [6.45, 7) is 9.20. The summed E-state index contributed by atoms with van der Waals surface area (Å²) in [5.41, 5.74) is -0.529. The van der Waals surface area contributed by atoms with Crippen molar-refractivity contribution < 1.29 is 51.3 Å². The minimum Gasteiger partial charge on any atom is -0.291 e. The Hall–Kier alpha value is 0.717. The predicted octanol–water partition coefficient (Wildman–Crippen LogP) is 2.61. The Morgan fingerprint density at radius 2 is 1.64 bits per heavy atom. The number of Topliss-reactive ketones (excluding diaryl/α,β-unsaturated/α-hetero) is 2. The molecule has 0 aromatic carbocycles. The van der Waals surface area contributed by atoms with Gasteiger partial charge in [0, 0.05) is 53.1 Å². The van der Waals surface area contributed by atoms with E-state index in [1.165, 1.54) is 0 Å². The molecule has 1 atom stereocenters. The molecule has 0 bridgehead atoms. The van der Waals surface area contributed by atoms with Crippen molar-refractivity contribution in [3.63, 3.8) is 0 Å². The van der Waals surface area contributed by atoms with Crippen LogP contribution in [0.4, 0.5) is 0 Å². The van der Waals surface area contributed by atoms with Crippen molar-refractivity contribution >= 4 is 11.6 Å².